The molecule has 0 radical (unpaired) electrons. The van der Waals surface area contributed by atoms with E-state index >= 15 is 0 Å². The molecule has 2 nitrogen and oxygen atoms in total. The molecule has 0 rings (SSSR count). The lowest BCUT2D eigenvalue weighted by Crippen LogP contribution is -2.38. The van der Waals surface area contributed by atoms with Gasteiger partial charge >= 0.3 is 18.3 Å². The van der Waals surface area contributed by atoms with Gasteiger partial charge in [0, 0.05) is 6.92 Å². The molecule has 88 valence electrons. The molecule has 0 aliphatic carbocycles. The highest BCUT2D eigenvalue weighted by Gasteiger charge is 2.59. The highest BCUT2D eigenvalue weighted by atomic mass is 19.4. The number of carbonyl (C=O) groups excluding carboxylic acids is 1. The largest absolute Gasteiger partial charge is 0.431 e. The second-order valence-electron chi connectivity index (χ2n) is 2.58. The van der Waals surface area contributed by atoms with Crippen LogP contribution in [0.2, 0.25) is 0 Å². The maximum atomic E-state index is 11.9. The molecule has 15 heavy (non-hydrogen) atoms. The van der Waals surface area contributed by atoms with Crippen LogP contribution in [0.1, 0.15) is 6.92 Å². The number of halogens is 6. The summed E-state index contributed by atoms with van der Waals surface area (Å²) in [7, 11) is 0. The molecular formula is C7H6F6O2. The lowest BCUT2D eigenvalue weighted by Gasteiger charge is -2.23. The van der Waals surface area contributed by atoms with E-state index in [9.17, 15) is 31.1 Å². The third-order valence-electron chi connectivity index (χ3n) is 1.25. The van der Waals surface area contributed by atoms with Crippen molar-refractivity contribution in [1.82, 2.24) is 0 Å². The number of esters is 1. The van der Waals surface area contributed by atoms with Crippen LogP contribution in [0.15, 0.2) is 12.3 Å². The molecule has 0 aliphatic heterocycles. The summed E-state index contributed by atoms with van der Waals surface area (Å²) < 4.78 is 75.4. The van der Waals surface area contributed by atoms with E-state index in [-0.39, 0.29) is 0 Å². The van der Waals surface area contributed by atoms with Crippen molar-refractivity contribution in [3.8, 4) is 0 Å². The van der Waals surface area contributed by atoms with Gasteiger partial charge in [-0.25, -0.2) is 0 Å². The van der Waals surface area contributed by atoms with Gasteiger partial charge in [0.25, 0.3) is 0 Å². The molecule has 0 fully saturated rings. The van der Waals surface area contributed by atoms with E-state index in [2.05, 4.69) is 11.3 Å². The van der Waals surface area contributed by atoms with E-state index < -0.39 is 30.0 Å². The lowest BCUT2D eigenvalue weighted by atomic mass is 10.1. The van der Waals surface area contributed by atoms with Crippen LogP contribution in [0.4, 0.5) is 26.3 Å². The molecule has 0 aromatic carbocycles. The fraction of sp³-hybridized carbons (Fsp3) is 0.571. The topological polar surface area (TPSA) is 26.3 Å². The lowest BCUT2D eigenvalue weighted by molar-refractivity contribution is -0.278. The first-order valence-corrected chi connectivity index (χ1v) is 3.47. The van der Waals surface area contributed by atoms with Crippen molar-refractivity contribution in [2.45, 2.75) is 19.3 Å². The van der Waals surface area contributed by atoms with Crippen molar-refractivity contribution in [2.75, 3.05) is 0 Å². The molecule has 8 heteroatoms. The summed E-state index contributed by atoms with van der Waals surface area (Å²) in [5.41, 5.74) is 0. The van der Waals surface area contributed by atoms with E-state index in [4.69, 9.17) is 0 Å². The maximum Gasteiger partial charge on any atom is 0.407 e. The Balaban J connectivity index is 4.98. The minimum absolute atomic E-state index is 0.676. The highest BCUT2D eigenvalue weighted by Crippen LogP contribution is 2.43. The predicted molar refractivity (Wildman–Crippen MR) is 36.5 cm³/mol. The van der Waals surface area contributed by atoms with Gasteiger partial charge in [0.15, 0.2) is 0 Å². The van der Waals surface area contributed by atoms with Crippen molar-refractivity contribution >= 4 is 5.97 Å². The third-order valence-corrected chi connectivity index (χ3v) is 1.25. The van der Waals surface area contributed by atoms with Gasteiger partial charge in [-0.1, -0.05) is 6.58 Å². The molecule has 0 N–H and O–H groups in total. The fourth-order valence-electron chi connectivity index (χ4n) is 0.794. The predicted octanol–water partition coefficient (Wildman–Crippen LogP) is 2.80. The van der Waals surface area contributed by atoms with E-state index in [1.54, 1.807) is 0 Å². The van der Waals surface area contributed by atoms with Gasteiger partial charge in [0.05, 0.1) is 0 Å². The molecule has 0 unspecified atom stereocenters. The summed E-state index contributed by atoms with van der Waals surface area (Å²) in [5, 5.41) is 0. The summed E-state index contributed by atoms with van der Waals surface area (Å²) in [6.07, 6.45) is -11.2. The molecule has 0 spiro atoms. The Morgan fingerprint density at radius 1 is 1.13 bits per heavy atom. The number of hydrogen-bond donors (Lipinski definition) is 0. The average Bonchev–Trinajstić information content (AvgIpc) is 1.74. The van der Waals surface area contributed by atoms with Crippen LogP contribution >= 0.6 is 0 Å². The first kappa shape index (κ1) is 13.8. The molecule has 0 aromatic heterocycles. The number of ether oxygens (including phenoxy) is 1. The molecule has 0 bridgehead atoms. The quantitative estimate of drug-likeness (QED) is 0.418. The van der Waals surface area contributed by atoms with Crippen LogP contribution in [-0.2, 0) is 9.53 Å². The van der Waals surface area contributed by atoms with Gasteiger partial charge in [-0.3, -0.25) is 4.79 Å². The van der Waals surface area contributed by atoms with Crippen LogP contribution in [0.5, 0.6) is 0 Å². The Bertz CT molecular complexity index is 250. The minimum Gasteiger partial charge on any atom is -0.431 e. The normalized spacial score (nSPS) is 12.8. The van der Waals surface area contributed by atoms with Gasteiger partial charge in [-0.2, -0.15) is 26.3 Å². The molecule has 0 saturated carbocycles. The zero-order valence-corrected chi connectivity index (χ0v) is 7.37. The highest BCUT2D eigenvalue weighted by molar-refractivity contribution is 5.67. The second kappa shape index (κ2) is 4.11. The Hall–Kier alpha value is -1.21. The van der Waals surface area contributed by atoms with Crippen LogP contribution in [0, 0.1) is 5.92 Å². The molecule has 0 amide bonds. The smallest absolute Gasteiger partial charge is 0.407 e. The SMILES string of the molecule is C=C(OC(C)=O)C(C(F)(F)F)C(F)(F)F. The molecule has 0 aliphatic rings. The second-order valence-corrected chi connectivity index (χ2v) is 2.58. The maximum absolute atomic E-state index is 11.9. The van der Waals surface area contributed by atoms with Crippen molar-refractivity contribution < 1.29 is 35.9 Å². The fourth-order valence-corrected chi connectivity index (χ4v) is 0.794. The first-order valence-electron chi connectivity index (χ1n) is 3.47. The number of hydrogen-bond acceptors (Lipinski definition) is 2. The summed E-state index contributed by atoms with van der Waals surface area (Å²) in [6, 6.07) is 0. The van der Waals surface area contributed by atoms with Crippen molar-refractivity contribution in [2.24, 2.45) is 5.92 Å². The zero-order chi connectivity index (χ0) is 12.4. The third kappa shape index (κ3) is 4.22. The van der Waals surface area contributed by atoms with Gasteiger partial charge < -0.3 is 4.74 Å². The average molecular weight is 236 g/mol. The van der Waals surface area contributed by atoms with Crippen LogP contribution in [0.25, 0.3) is 0 Å². The Morgan fingerprint density at radius 2 is 1.47 bits per heavy atom. The van der Waals surface area contributed by atoms with Crippen LogP contribution in [0.3, 0.4) is 0 Å². The first-order chi connectivity index (χ1) is 6.46. The Labute approximate surface area is 80.5 Å². The molecule has 0 atom stereocenters. The van der Waals surface area contributed by atoms with Crippen LogP contribution < -0.4 is 0 Å². The summed E-state index contributed by atoms with van der Waals surface area (Å²) in [4.78, 5) is 10.2. The minimum atomic E-state index is -5.59. The van der Waals surface area contributed by atoms with E-state index in [1.807, 2.05) is 0 Å². The number of carbonyl (C=O) groups is 1. The van der Waals surface area contributed by atoms with Gasteiger partial charge in [-0.15, -0.1) is 0 Å². The monoisotopic (exact) mass is 236 g/mol. The van der Waals surface area contributed by atoms with Crippen molar-refractivity contribution in [1.29, 1.82) is 0 Å². The standard InChI is InChI=1S/C7H6F6O2/c1-3(15-4(2)14)5(6(8,9)10)7(11,12)13/h5H,1H2,2H3. The number of alkyl halides is 6. The summed E-state index contributed by atoms with van der Waals surface area (Å²) in [5.74, 6) is -6.82. The van der Waals surface area contributed by atoms with Crippen LogP contribution in [-0.4, -0.2) is 18.3 Å². The van der Waals surface area contributed by atoms with Crippen molar-refractivity contribution in [3.63, 3.8) is 0 Å². The van der Waals surface area contributed by atoms with Gasteiger partial charge in [0.2, 0.25) is 5.92 Å². The van der Waals surface area contributed by atoms with Gasteiger partial charge in [0.1, 0.15) is 5.76 Å². The van der Waals surface area contributed by atoms with E-state index in [0.29, 0.717) is 6.92 Å². The number of rotatable bonds is 2. The Morgan fingerprint density at radius 3 is 1.67 bits per heavy atom. The van der Waals surface area contributed by atoms with Gasteiger partial charge in [-0.05, 0) is 0 Å². The summed E-state index contributed by atoms with van der Waals surface area (Å²) >= 11 is 0. The van der Waals surface area contributed by atoms with Crippen molar-refractivity contribution in [3.05, 3.63) is 12.3 Å². The molecule has 0 aromatic rings. The number of allylic oxidation sites excluding steroid dienone is 1. The summed E-state index contributed by atoms with van der Waals surface area (Å²) in [6.45, 7) is 3.12. The Kier molecular flexibility index (Phi) is 3.78. The molecule has 0 saturated heterocycles. The molecule has 0 heterocycles. The molecular weight excluding hydrogens is 230 g/mol. The van der Waals surface area contributed by atoms with E-state index in [1.165, 1.54) is 0 Å². The van der Waals surface area contributed by atoms with E-state index in [0.717, 1.165) is 0 Å². The zero-order valence-electron chi connectivity index (χ0n) is 7.37.